The molecule has 20 N–H and O–H groups in total. The highest BCUT2D eigenvalue weighted by Gasteiger charge is 2.57. The van der Waals surface area contributed by atoms with Crippen LogP contribution in [0.3, 0.4) is 0 Å². The quantitative estimate of drug-likeness (QED) is 0.0423. The second-order valence-corrected chi connectivity index (χ2v) is 19.7. The molecule has 0 aromatic heterocycles. The molecule has 35 nitrogen and oxygen atoms in total. The predicted molar refractivity (Wildman–Crippen MR) is 245 cm³/mol. The van der Waals surface area contributed by atoms with E-state index in [2.05, 4.69) is 16.0 Å². The van der Waals surface area contributed by atoms with Gasteiger partial charge in [-0.1, -0.05) is 0 Å². The molecule has 0 unspecified atom stereocenters. The zero-order valence-corrected chi connectivity index (χ0v) is 42.7. The Hall–Kier alpha value is -2.75. The third-order valence-corrected chi connectivity index (χ3v) is 14.1. The van der Waals surface area contributed by atoms with Gasteiger partial charge in [0.05, 0.1) is 58.4 Å². The lowest BCUT2D eigenvalue weighted by molar-refractivity contribution is -0.387. The summed E-state index contributed by atoms with van der Waals surface area (Å²) in [6.07, 6.45) is -51.1. The van der Waals surface area contributed by atoms with Crippen molar-refractivity contribution in [2.75, 3.05) is 46.2 Å². The smallest absolute Gasteiger partial charge is 0.217 e. The van der Waals surface area contributed by atoms with Crippen LogP contribution in [-0.4, -0.2) is 341 Å². The lowest BCUT2D eigenvalue weighted by Crippen LogP contribution is -2.69. The predicted octanol–water partition coefficient (Wildman–Crippen LogP) is -13.7. The Morgan fingerprint density at radius 2 is 0.886 bits per heavy atom. The average Bonchev–Trinajstić information content (AvgIpc) is 3.44. The Labute approximate surface area is 448 Å². The topological polar surface area (TPSA) is 542 Å². The first kappa shape index (κ1) is 65.4. The minimum atomic E-state index is -2.22. The molecule has 31 atom stereocenters. The van der Waals surface area contributed by atoms with Crippen LogP contribution in [0.4, 0.5) is 0 Å². The number of hydrogen-bond acceptors (Lipinski definition) is 32. The van der Waals surface area contributed by atoms with Gasteiger partial charge in [0.15, 0.2) is 37.7 Å². The fourth-order valence-electron chi connectivity index (χ4n) is 9.75. The van der Waals surface area contributed by atoms with Crippen LogP contribution in [0, 0.1) is 0 Å². The Morgan fingerprint density at radius 3 is 1.43 bits per heavy atom. The molecule has 0 radical (unpaired) electrons. The van der Waals surface area contributed by atoms with E-state index in [0.29, 0.717) is 0 Å². The van der Waals surface area contributed by atoms with E-state index in [1.165, 1.54) is 6.92 Å². The first-order valence-electron chi connectivity index (χ1n) is 25.2. The molecule has 0 aliphatic carbocycles. The molecule has 79 heavy (non-hydrogen) atoms. The van der Waals surface area contributed by atoms with Crippen molar-refractivity contribution in [3.05, 3.63) is 0 Å². The third-order valence-electron chi connectivity index (χ3n) is 14.1. The van der Waals surface area contributed by atoms with Crippen LogP contribution in [0.1, 0.15) is 20.8 Å². The maximum Gasteiger partial charge on any atom is 0.217 e. The summed E-state index contributed by atoms with van der Waals surface area (Å²) in [6, 6.07) is -4.24. The molecule has 35 heteroatoms. The van der Waals surface area contributed by atoms with Gasteiger partial charge < -0.3 is 160 Å². The maximum absolute atomic E-state index is 12.5. The van der Waals surface area contributed by atoms with E-state index >= 15 is 0 Å². The van der Waals surface area contributed by atoms with Gasteiger partial charge in [0.25, 0.3) is 0 Å². The number of amides is 3. The summed E-state index contributed by atoms with van der Waals surface area (Å²) in [5.41, 5.74) is 0. The van der Waals surface area contributed by atoms with Crippen molar-refractivity contribution in [2.45, 2.75) is 211 Å². The molecular weight excluding hydrogens is 1080 g/mol. The molecule has 6 heterocycles. The maximum atomic E-state index is 12.5. The highest BCUT2D eigenvalue weighted by molar-refractivity contribution is 5.73. The van der Waals surface area contributed by atoms with Crippen molar-refractivity contribution in [1.82, 2.24) is 16.0 Å². The standard InChI is InChI=1S/C44H75N3O32/c1-12-23(56)28(61)31(64)42(70-12)78-37-22(47-14(3)55)39(71-16(5-49)25(37)58)69-10-20-24(57)27(60)21(46-13(2)54)40(75-20)79-38-26(59)17(6-50)72-44(34(38)67)77-36-19(8-52)74-43(33(66)30(36)63)76-35-18(7-51)73-41(32(65)29(35)62)68-9-15(4-48)45-11-53/h11-12,15-44,48-52,56-67H,4-10H2,1-3H3,(H,45,53)(H,46,54)(H,47,55)/t12-,15+,16+,17+,18+,19+,20+,21+,22+,23+,24-,25+,26-,27+,28+,29+,30+,31-,32+,33+,34+,35+,36-,37+,38-,39+,40-,41+,42-,43-,44+/m0/s1. The molecular formula is C44H75N3O32. The van der Waals surface area contributed by atoms with Gasteiger partial charge in [-0.25, -0.2) is 0 Å². The van der Waals surface area contributed by atoms with Crippen LogP contribution in [-0.2, 0) is 71.2 Å². The highest BCUT2D eigenvalue weighted by Crippen LogP contribution is 2.36. The lowest BCUT2D eigenvalue weighted by atomic mass is 9.94. The van der Waals surface area contributed by atoms with Gasteiger partial charge in [0, 0.05) is 13.8 Å². The normalized spacial score (nSPS) is 47.2. The molecule has 6 aliphatic heterocycles. The minimum absolute atomic E-state index is 0.281. The number of nitrogens with one attached hydrogen (secondary N) is 3. The molecule has 6 aliphatic rings. The molecule has 3 amide bonds. The number of rotatable bonds is 23. The van der Waals surface area contributed by atoms with Gasteiger partial charge in [-0.15, -0.1) is 0 Å². The van der Waals surface area contributed by atoms with Crippen molar-refractivity contribution >= 4 is 18.2 Å². The third kappa shape index (κ3) is 15.0. The highest BCUT2D eigenvalue weighted by atomic mass is 16.8. The van der Waals surface area contributed by atoms with Gasteiger partial charge in [-0.3, -0.25) is 14.4 Å². The summed E-state index contributed by atoms with van der Waals surface area (Å²) < 4.78 is 68.7. The molecule has 6 rings (SSSR count). The summed E-state index contributed by atoms with van der Waals surface area (Å²) in [5, 5.41) is 190. The fraction of sp³-hybridized carbons (Fsp3) is 0.932. The van der Waals surface area contributed by atoms with E-state index in [-0.39, 0.29) is 6.41 Å². The van der Waals surface area contributed by atoms with Crippen molar-refractivity contribution in [2.24, 2.45) is 0 Å². The van der Waals surface area contributed by atoms with E-state index in [9.17, 15) is 101 Å². The van der Waals surface area contributed by atoms with Crippen LogP contribution in [0.25, 0.3) is 0 Å². The number of hydrogen-bond donors (Lipinski definition) is 20. The summed E-state index contributed by atoms with van der Waals surface area (Å²) in [5.74, 6) is -1.58. The SMILES string of the molecule is CC(=O)N[C@H]1[C@H](O[C@H]2[C@@H](O)[C@@H](CO)O[C@H](O[C@@H]3[C@H](O)[C@@H](O)[C@H](O[C@H]4[C@H](O)[C@@H](O)[C@H](OC[C@@H](CO)NC=O)O[C@@H]4CO)O[C@@H]3CO)[C@@H]2O)O[C@H](CO[C@@H]2O[C@H](CO)[C@@H](O)[C@H](O[C@@H]3O[C@@H](C)[C@@H](O)[C@@H](O)[C@@H]3O)[C@H]2NC(C)=O)[C@H](O)[C@@H]1O. The van der Waals surface area contributed by atoms with Crippen molar-refractivity contribution in [3.8, 4) is 0 Å². The molecule has 0 spiro atoms. The van der Waals surface area contributed by atoms with Gasteiger partial charge in [0.2, 0.25) is 18.2 Å². The molecule has 0 bridgehead atoms. The molecule has 458 valence electrons. The van der Waals surface area contributed by atoms with E-state index in [1.54, 1.807) is 0 Å². The largest absolute Gasteiger partial charge is 0.394 e. The first-order valence-corrected chi connectivity index (χ1v) is 25.2. The van der Waals surface area contributed by atoms with Gasteiger partial charge in [-0.05, 0) is 6.92 Å². The summed E-state index contributed by atoms with van der Waals surface area (Å²) in [4.78, 5) is 35.8. The summed E-state index contributed by atoms with van der Waals surface area (Å²) in [6.45, 7) is -2.27. The van der Waals surface area contributed by atoms with Gasteiger partial charge >= 0.3 is 0 Å². The number of carbonyl (C=O) groups excluding carboxylic acids is 3. The van der Waals surface area contributed by atoms with Crippen molar-refractivity contribution in [3.63, 3.8) is 0 Å². The van der Waals surface area contributed by atoms with Crippen LogP contribution in [0.2, 0.25) is 0 Å². The van der Waals surface area contributed by atoms with Crippen LogP contribution < -0.4 is 16.0 Å². The Kier molecular flexibility index (Phi) is 24.2. The van der Waals surface area contributed by atoms with E-state index in [4.69, 9.17) is 56.8 Å². The van der Waals surface area contributed by atoms with E-state index < -0.39 is 248 Å². The van der Waals surface area contributed by atoms with Crippen LogP contribution in [0.15, 0.2) is 0 Å². The Morgan fingerprint density at radius 1 is 0.443 bits per heavy atom. The molecule has 6 saturated heterocycles. The zero-order chi connectivity index (χ0) is 58.3. The second-order valence-electron chi connectivity index (χ2n) is 19.7. The lowest BCUT2D eigenvalue weighted by Gasteiger charge is -2.49. The van der Waals surface area contributed by atoms with Crippen LogP contribution in [0.5, 0.6) is 0 Å². The number of carbonyl (C=O) groups is 3. The molecule has 6 fully saturated rings. The zero-order valence-electron chi connectivity index (χ0n) is 42.7. The van der Waals surface area contributed by atoms with Crippen molar-refractivity contribution < 1.29 is 158 Å². The summed E-state index contributed by atoms with van der Waals surface area (Å²) in [7, 11) is 0. The van der Waals surface area contributed by atoms with E-state index in [0.717, 1.165) is 13.8 Å². The van der Waals surface area contributed by atoms with Gasteiger partial charge in [-0.2, -0.15) is 0 Å². The Bertz CT molecular complexity index is 1900. The second kappa shape index (κ2) is 29.2. The average molecular weight is 1160 g/mol. The fourth-order valence-corrected chi connectivity index (χ4v) is 9.75. The molecule has 0 saturated carbocycles. The monoisotopic (exact) mass is 1160 g/mol. The van der Waals surface area contributed by atoms with E-state index in [1.807, 2.05) is 0 Å². The van der Waals surface area contributed by atoms with Crippen molar-refractivity contribution in [1.29, 1.82) is 0 Å². The molecule has 0 aromatic carbocycles. The minimum Gasteiger partial charge on any atom is -0.394 e. The summed E-state index contributed by atoms with van der Waals surface area (Å²) >= 11 is 0. The first-order chi connectivity index (χ1) is 37.4. The molecule has 0 aromatic rings. The van der Waals surface area contributed by atoms with Gasteiger partial charge in [0.1, 0.15) is 140 Å². The number of ether oxygens (including phenoxy) is 12. The Balaban J connectivity index is 1.16. The number of aliphatic hydroxyl groups is 17. The van der Waals surface area contributed by atoms with Crippen LogP contribution >= 0.6 is 0 Å². The number of aliphatic hydroxyl groups excluding tert-OH is 17.